The molecule has 0 spiro atoms. The monoisotopic (exact) mass is 156 g/mol. The van der Waals surface area contributed by atoms with Crippen molar-refractivity contribution in [3.8, 4) is 0 Å². The minimum absolute atomic E-state index is 0.281. The summed E-state index contributed by atoms with van der Waals surface area (Å²) in [7, 11) is 0. The highest BCUT2D eigenvalue weighted by molar-refractivity contribution is 5.82. The van der Waals surface area contributed by atoms with Crippen LogP contribution >= 0.6 is 0 Å². The molecule has 0 radical (unpaired) electrons. The first-order chi connectivity index (χ1) is 5.06. The Morgan fingerprint density at radius 3 is 2.55 bits per heavy atom. The molecular formula is C8H12O3. The molecule has 0 aromatic heterocycles. The predicted molar refractivity (Wildman–Crippen MR) is 39.9 cm³/mol. The van der Waals surface area contributed by atoms with Crippen LogP contribution in [0.25, 0.3) is 0 Å². The quantitative estimate of drug-likeness (QED) is 0.343. The zero-order valence-corrected chi connectivity index (χ0v) is 6.96. The summed E-state index contributed by atoms with van der Waals surface area (Å²) in [6.45, 7) is 5.52. The third-order valence-electron chi connectivity index (χ3n) is 1.45. The largest absolute Gasteiger partial charge is 0.429 e. The Balaban J connectivity index is 2.29. The van der Waals surface area contributed by atoms with Gasteiger partial charge in [-0.15, -0.1) is 0 Å². The minimum atomic E-state index is -0.355. The first-order valence-electron chi connectivity index (χ1n) is 3.57. The van der Waals surface area contributed by atoms with Gasteiger partial charge < -0.3 is 9.47 Å². The lowest BCUT2D eigenvalue weighted by atomic mass is 10.2. The molecule has 62 valence electrons. The van der Waals surface area contributed by atoms with Crippen molar-refractivity contribution in [1.82, 2.24) is 0 Å². The van der Waals surface area contributed by atoms with Crippen molar-refractivity contribution in [2.75, 3.05) is 0 Å². The molecule has 1 fully saturated rings. The predicted octanol–water partition coefficient (Wildman–Crippen LogP) is 1.24. The zero-order chi connectivity index (χ0) is 8.48. The molecule has 0 N–H and O–H groups in total. The number of hydrogen-bond acceptors (Lipinski definition) is 3. The molecule has 3 heteroatoms. The van der Waals surface area contributed by atoms with Crippen LogP contribution in [0.2, 0.25) is 0 Å². The summed E-state index contributed by atoms with van der Waals surface area (Å²) >= 11 is 0. The van der Waals surface area contributed by atoms with Gasteiger partial charge in [0.1, 0.15) is 5.60 Å². The van der Waals surface area contributed by atoms with Crippen LogP contribution in [0.4, 0.5) is 0 Å². The zero-order valence-electron chi connectivity index (χ0n) is 6.96. The second-order valence-corrected chi connectivity index (χ2v) is 2.99. The van der Waals surface area contributed by atoms with E-state index in [4.69, 9.17) is 9.47 Å². The highest BCUT2D eigenvalue weighted by Gasteiger charge is 2.51. The number of ether oxygens (including phenoxy) is 2. The van der Waals surface area contributed by atoms with Crippen LogP contribution in [0, 0.1) is 0 Å². The molecule has 1 heterocycles. The Bertz CT molecular complexity index is 194. The van der Waals surface area contributed by atoms with Gasteiger partial charge >= 0.3 is 5.97 Å². The van der Waals surface area contributed by atoms with Gasteiger partial charge in [0, 0.05) is 6.08 Å². The van der Waals surface area contributed by atoms with Crippen molar-refractivity contribution in [1.29, 1.82) is 0 Å². The lowest BCUT2D eigenvalue weighted by Crippen LogP contribution is -2.10. The van der Waals surface area contributed by atoms with E-state index in [0.717, 1.165) is 0 Å². The fourth-order valence-corrected chi connectivity index (χ4v) is 0.689. The highest BCUT2D eigenvalue weighted by Crippen LogP contribution is 2.35. The molecule has 0 saturated carbocycles. The molecule has 1 atom stereocenters. The normalized spacial score (nSPS) is 27.0. The van der Waals surface area contributed by atoms with E-state index in [9.17, 15) is 4.79 Å². The summed E-state index contributed by atoms with van der Waals surface area (Å²) in [5, 5.41) is 0. The first-order valence-corrected chi connectivity index (χ1v) is 3.57. The van der Waals surface area contributed by atoms with Crippen LogP contribution in [-0.2, 0) is 14.3 Å². The molecule has 0 bridgehead atoms. The maximum absolute atomic E-state index is 10.8. The van der Waals surface area contributed by atoms with Gasteiger partial charge in [-0.25, -0.2) is 4.79 Å². The Kier molecular flexibility index (Phi) is 2.00. The Morgan fingerprint density at radius 1 is 1.64 bits per heavy atom. The van der Waals surface area contributed by atoms with Crippen LogP contribution in [-0.4, -0.2) is 17.9 Å². The molecule has 1 saturated heterocycles. The van der Waals surface area contributed by atoms with E-state index in [1.807, 2.05) is 13.8 Å². The third kappa shape index (κ3) is 2.05. The maximum Gasteiger partial charge on any atom is 0.332 e. The molecular weight excluding hydrogens is 144 g/mol. The van der Waals surface area contributed by atoms with E-state index in [2.05, 4.69) is 0 Å². The number of allylic oxidation sites excluding steroid dienone is 1. The van der Waals surface area contributed by atoms with Crippen molar-refractivity contribution in [3.63, 3.8) is 0 Å². The lowest BCUT2D eigenvalue weighted by molar-refractivity contribution is -0.142. The van der Waals surface area contributed by atoms with E-state index in [1.165, 1.54) is 6.08 Å². The van der Waals surface area contributed by atoms with Crippen LogP contribution in [0.1, 0.15) is 20.8 Å². The summed E-state index contributed by atoms with van der Waals surface area (Å²) < 4.78 is 9.91. The molecule has 0 amide bonds. The van der Waals surface area contributed by atoms with Gasteiger partial charge in [-0.2, -0.15) is 0 Å². The molecule has 1 aliphatic heterocycles. The topological polar surface area (TPSA) is 38.8 Å². The SMILES string of the molecule is C/C=C/C(=O)OC1OC1(C)C. The summed E-state index contributed by atoms with van der Waals surface area (Å²) in [5.74, 6) is -0.344. The Morgan fingerprint density at radius 2 is 2.18 bits per heavy atom. The molecule has 1 unspecified atom stereocenters. The number of carbonyl (C=O) groups is 1. The fraction of sp³-hybridized carbons (Fsp3) is 0.625. The van der Waals surface area contributed by atoms with Gasteiger partial charge in [0.25, 0.3) is 0 Å². The van der Waals surface area contributed by atoms with Gasteiger partial charge in [0.15, 0.2) is 0 Å². The smallest absolute Gasteiger partial charge is 0.332 e. The Hall–Kier alpha value is -0.830. The van der Waals surface area contributed by atoms with Crippen molar-refractivity contribution < 1.29 is 14.3 Å². The number of carbonyl (C=O) groups excluding carboxylic acids is 1. The number of epoxide rings is 1. The van der Waals surface area contributed by atoms with Gasteiger partial charge in [-0.1, -0.05) is 6.08 Å². The fourth-order valence-electron chi connectivity index (χ4n) is 0.689. The van der Waals surface area contributed by atoms with E-state index in [0.29, 0.717) is 0 Å². The van der Waals surface area contributed by atoms with Crippen molar-refractivity contribution >= 4 is 5.97 Å². The van der Waals surface area contributed by atoms with Crippen LogP contribution in [0.3, 0.4) is 0 Å². The van der Waals surface area contributed by atoms with Gasteiger partial charge in [-0.05, 0) is 20.8 Å². The van der Waals surface area contributed by atoms with E-state index < -0.39 is 0 Å². The van der Waals surface area contributed by atoms with E-state index in [-0.39, 0.29) is 17.9 Å². The lowest BCUT2D eigenvalue weighted by Gasteiger charge is -1.96. The van der Waals surface area contributed by atoms with Gasteiger partial charge in [-0.3, -0.25) is 0 Å². The van der Waals surface area contributed by atoms with E-state index in [1.54, 1.807) is 13.0 Å². The Labute approximate surface area is 66.0 Å². The van der Waals surface area contributed by atoms with Crippen molar-refractivity contribution in [2.45, 2.75) is 32.7 Å². The van der Waals surface area contributed by atoms with Crippen LogP contribution in [0.5, 0.6) is 0 Å². The van der Waals surface area contributed by atoms with Gasteiger partial charge in [0.05, 0.1) is 0 Å². The molecule has 0 aliphatic carbocycles. The highest BCUT2D eigenvalue weighted by atomic mass is 16.8. The standard InChI is InChI=1S/C8H12O3/c1-4-5-6(9)10-7-8(2,3)11-7/h4-5,7H,1-3H3/b5-4+. The maximum atomic E-state index is 10.8. The molecule has 0 aromatic carbocycles. The molecule has 1 rings (SSSR count). The molecule has 0 aromatic rings. The van der Waals surface area contributed by atoms with Crippen molar-refractivity contribution in [2.24, 2.45) is 0 Å². The molecule has 1 aliphatic rings. The van der Waals surface area contributed by atoms with E-state index >= 15 is 0 Å². The van der Waals surface area contributed by atoms with Crippen molar-refractivity contribution in [3.05, 3.63) is 12.2 Å². The number of hydrogen-bond donors (Lipinski definition) is 0. The summed E-state index contributed by atoms with van der Waals surface area (Å²) in [6, 6.07) is 0. The molecule has 3 nitrogen and oxygen atoms in total. The average molecular weight is 156 g/mol. The molecule has 11 heavy (non-hydrogen) atoms. The van der Waals surface area contributed by atoms with Crippen LogP contribution < -0.4 is 0 Å². The second-order valence-electron chi connectivity index (χ2n) is 2.99. The number of esters is 1. The first kappa shape index (κ1) is 8.27. The second kappa shape index (κ2) is 2.66. The third-order valence-corrected chi connectivity index (χ3v) is 1.45. The minimum Gasteiger partial charge on any atom is -0.429 e. The summed E-state index contributed by atoms with van der Waals surface area (Å²) in [6.07, 6.45) is 2.65. The summed E-state index contributed by atoms with van der Waals surface area (Å²) in [4.78, 5) is 10.8. The van der Waals surface area contributed by atoms with Gasteiger partial charge in [0.2, 0.25) is 6.29 Å². The summed E-state index contributed by atoms with van der Waals surface area (Å²) in [5.41, 5.74) is -0.281. The number of rotatable bonds is 2. The van der Waals surface area contributed by atoms with Crippen LogP contribution in [0.15, 0.2) is 12.2 Å². The average Bonchev–Trinajstić information content (AvgIpc) is 2.39.